The maximum atomic E-state index is 2.27. The van der Waals surface area contributed by atoms with Crippen molar-refractivity contribution in [2.75, 3.05) is 0 Å². The molecule has 0 saturated carbocycles. The van der Waals surface area contributed by atoms with Gasteiger partial charge in [-0.05, 0) is 18.4 Å². The van der Waals surface area contributed by atoms with Gasteiger partial charge >= 0.3 is 51.4 Å². The molecule has 0 bridgehead atoms. The summed E-state index contributed by atoms with van der Waals surface area (Å²) in [5, 5.41) is 0. The molecule has 0 atom stereocenters. The van der Waals surface area contributed by atoms with Crippen LogP contribution in [0.2, 0.25) is 0 Å². The second kappa shape index (κ2) is 11.3. The van der Waals surface area contributed by atoms with Crippen molar-refractivity contribution in [3.63, 3.8) is 0 Å². The SMILES string of the molecule is CCCCCCCCc1ccccc1.[H-].[K+]. The molecule has 0 amide bonds. The van der Waals surface area contributed by atoms with E-state index in [9.17, 15) is 0 Å². The summed E-state index contributed by atoms with van der Waals surface area (Å²) in [5.74, 6) is 0. The predicted molar refractivity (Wildman–Crippen MR) is 64.6 cm³/mol. The Kier molecular flexibility index (Phi) is 12.0. The normalized spacial score (nSPS) is 9.67. The first-order chi connectivity index (χ1) is 6.93. The Labute approximate surface area is 139 Å². The van der Waals surface area contributed by atoms with Crippen LogP contribution in [-0.2, 0) is 6.42 Å². The molecule has 0 saturated heterocycles. The van der Waals surface area contributed by atoms with E-state index in [1.165, 1.54) is 50.5 Å². The molecule has 1 heteroatoms. The van der Waals surface area contributed by atoms with Gasteiger partial charge in [0.15, 0.2) is 0 Å². The standard InChI is InChI=1S/C14H22.K.H/c1-2-3-4-5-6-8-11-14-12-9-7-10-13-14;;/h7,9-10,12-13H,2-6,8,11H2,1H3;;/q;+1;-1. The van der Waals surface area contributed by atoms with Crippen molar-refractivity contribution >= 4 is 0 Å². The summed E-state index contributed by atoms with van der Waals surface area (Å²) in [6.07, 6.45) is 9.60. The van der Waals surface area contributed by atoms with Crippen LogP contribution < -0.4 is 51.4 Å². The molecule has 0 aliphatic rings. The Balaban J connectivity index is 0. The van der Waals surface area contributed by atoms with Crippen molar-refractivity contribution in [1.29, 1.82) is 0 Å². The van der Waals surface area contributed by atoms with Crippen LogP contribution in [0.4, 0.5) is 0 Å². The third-order valence-corrected chi connectivity index (χ3v) is 2.66. The van der Waals surface area contributed by atoms with E-state index in [-0.39, 0.29) is 52.8 Å². The van der Waals surface area contributed by atoms with Gasteiger partial charge in [0.2, 0.25) is 0 Å². The first-order valence-corrected chi connectivity index (χ1v) is 5.97. The molecular formula is C14H23K. The topological polar surface area (TPSA) is 0 Å². The summed E-state index contributed by atoms with van der Waals surface area (Å²) >= 11 is 0. The quantitative estimate of drug-likeness (QED) is 0.494. The van der Waals surface area contributed by atoms with Crippen molar-refractivity contribution in [3.05, 3.63) is 35.9 Å². The Morgan fingerprint density at radius 3 is 2.13 bits per heavy atom. The fourth-order valence-corrected chi connectivity index (χ4v) is 1.75. The Hall–Kier alpha value is 0.856. The van der Waals surface area contributed by atoms with Crippen molar-refractivity contribution in [1.82, 2.24) is 0 Å². The Bertz CT molecular complexity index is 223. The van der Waals surface area contributed by atoms with Crippen molar-refractivity contribution in [2.45, 2.75) is 51.9 Å². The van der Waals surface area contributed by atoms with Gasteiger partial charge in [-0.15, -0.1) is 0 Å². The van der Waals surface area contributed by atoms with Crippen LogP contribution in [0.3, 0.4) is 0 Å². The van der Waals surface area contributed by atoms with Gasteiger partial charge in [-0.25, -0.2) is 0 Å². The molecule has 0 aromatic heterocycles. The third kappa shape index (κ3) is 8.64. The number of hydrogen-bond donors (Lipinski definition) is 0. The van der Waals surface area contributed by atoms with E-state index >= 15 is 0 Å². The summed E-state index contributed by atoms with van der Waals surface area (Å²) in [6.45, 7) is 2.27. The fourth-order valence-electron chi connectivity index (χ4n) is 1.75. The van der Waals surface area contributed by atoms with Gasteiger partial charge in [0.05, 0.1) is 0 Å². The molecular weight excluding hydrogens is 207 g/mol. The minimum atomic E-state index is 0. The molecule has 0 nitrogen and oxygen atoms in total. The van der Waals surface area contributed by atoms with Crippen LogP contribution in [-0.4, -0.2) is 0 Å². The number of rotatable bonds is 7. The van der Waals surface area contributed by atoms with Crippen LogP contribution in [0.25, 0.3) is 0 Å². The monoisotopic (exact) mass is 230 g/mol. The Morgan fingerprint density at radius 2 is 1.47 bits per heavy atom. The number of hydrogen-bond acceptors (Lipinski definition) is 0. The minimum Gasteiger partial charge on any atom is -1.00 e. The average molecular weight is 230 g/mol. The van der Waals surface area contributed by atoms with E-state index in [0.717, 1.165) is 0 Å². The van der Waals surface area contributed by atoms with Crippen LogP contribution in [0.15, 0.2) is 30.3 Å². The summed E-state index contributed by atoms with van der Waals surface area (Å²) < 4.78 is 0. The van der Waals surface area contributed by atoms with Crippen LogP contribution in [0.5, 0.6) is 0 Å². The van der Waals surface area contributed by atoms with E-state index in [2.05, 4.69) is 37.3 Å². The predicted octanol–water partition coefficient (Wildman–Crippen LogP) is 1.71. The second-order valence-corrected chi connectivity index (χ2v) is 4.00. The van der Waals surface area contributed by atoms with Gasteiger partial charge in [-0.1, -0.05) is 69.4 Å². The first-order valence-electron chi connectivity index (χ1n) is 5.97. The van der Waals surface area contributed by atoms with Crippen molar-refractivity contribution in [2.24, 2.45) is 0 Å². The molecule has 15 heavy (non-hydrogen) atoms. The molecule has 1 rings (SSSR count). The van der Waals surface area contributed by atoms with E-state index in [4.69, 9.17) is 0 Å². The smallest absolute Gasteiger partial charge is 1.00 e. The molecule has 0 aliphatic carbocycles. The largest absolute Gasteiger partial charge is 1.00 e. The number of unbranched alkanes of at least 4 members (excludes halogenated alkanes) is 5. The second-order valence-electron chi connectivity index (χ2n) is 4.00. The van der Waals surface area contributed by atoms with Crippen LogP contribution in [0.1, 0.15) is 52.4 Å². The van der Waals surface area contributed by atoms with Gasteiger partial charge in [0.25, 0.3) is 0 Å². The number of benzene rings is 1. The molecule has 0 fully saturated rings. The minimum absolute atomic E-state index is 0. The molecule has 1 aromatic carbocycles. The molecule has 0 aliphatic heterocycles. The molecule has 80 valence electrons. The van der Waals surface area contributed by atoms with Crippen molar-refractivity contribution < 1.29 is 52.8 Å². The zero-order valence-electron chi connectivity index (χ0n) is 11.3. The molecule has 0 unspecified atom stereocenters. The maximum Gasteiger partial charge on any atom is 1.00 e. The van der Waals surface area contributed by atoms with E-state index in [0.29, 0.717) is 0 Å². The van der Waals surface area contributed by atoms with E-state index in [1.54, 1.807) is 0 Å². The maximum absolute atomic E-state index is 2.27. The summed E-state index contributed by atoms with van der Waals surface area (Å²) in [4.78, 5) is 0. The first kappa shape index (κ1) is 15.9. The molecule has 0 spiro atoms. The average Bonchev–Trinajstić information content (AvgIpc) is 2.25. The summed E-state index contributed by atoms with van der Waals surface area (Å²) in [6, 6.07) is 10.8. The van der Waals surface area contributed by atoms with Gasteiger partial charge in [0, 0.05) is 0 Å². The van der Waals surface area contributed by atoms with E-state index < -0.39 is 0 Å². The van der Waals surface area contributed by atoms with Gasteiger partial charge in [0.1, 0.15) is 0 Å². The molecule has 0 radical (unpaired) electrons. The molecule has 0 heterocycles. The van der Waals surface area contributed by atoms with Gasteiger partial charge in [-0.2, -0.15) is 0 Å². The van der Waals surface area contributed by atoms with Crippen LogP contribution in [0, 0.1) is 0 Å². The van der Waals surface area contributed by atoms with E-state index in [1.807, 2.05) is 0 Å². The summed E-state index contributed by atoms with van der Waals surface area (Å²) in [7, 11) is 0. The van der Waals surface area contributed by atoms with Gasteiger partial charge in [-0.3, -0.25) is 0 Å². The van der Waals surface area contributed by atoms with Crippen molar-refractivity contribution in [3.8, 4) is 0 Å². The van der Waals surface area contributed by atoms with Gasteiger partial charge < -0.3 is 1.43 Å². The summed E-state index contributed by atoms with van der Waals surface area (Å²) in [5.41, 5.74) is 1.49. The number of aryl methyl sites for hydroxylation is 1. The fraction of sp³-hybridized carbons (Fsp3) is 0.571. The third-order valence-electron chi connectivity index (χ3n) is 2.66. The zero-order valence-corrected chi connectivity index (χ0v) is 13.5. The molecule has 1 aromatic rings. The van der Waals surface area contributed by atoms with Crippen LogP contribution >= 0.6 is 0 Å². The Morgan fingerprint density at radius 1 is 0.867 bits per heavy atom. The molecule has 0 N–H and O–H groups in total. The zero-order chi connectivity index (χ0) is 10.1.